The first-order chi connectivity index (χ1) is 16.2. The lowest BCUT2D eigenvalue weighted by molar-refractivity contribution is 0.0933. The lowest BCUT2D eigenvalue weighted by atomic mass is 10.1. The van der Waals surface area contributed by atoms with E-state index >= 15 is 0 Å². The molecular weight excluding hydrogens is 521 g/mol. The summed E-state index contributed by atoms with van der Waals surface area (Å²) in [6.07, 6.45) is -1.17. The summed E-state index contributed by atoms with van der Waals surface area (Å²) in [7, 11) is 4.36. The van der Waals surface area contributed by atoms with Crippen LogP contribution in [0.5, 0.6) is 17.2 Å². The minimum absolute atomic E-state index is 0.151. The standard InChI is InChI=1S/C23H22Cl3N3O4S/c1-31-17-11-14(12-18(32-2)19(17)33-3)20(30)28-21(23(24,25)26)29-22(34)27-16-10-6-8-13-7-4-5-9-15(13)16/h4-12,21H,1-3H3,(H,28,30)(H2,27,29,34)/t21-/m1/s1. The molecule has 11 heteroatoms. The van der Waals surface area contributed by atoms with Gasteiger partial charge in [0.25, 0.3) is 5.91 Å². The Labute approximate surface area is 217 Å². The van der Waals surface area contributed by atoms with Crippen LogP contribution in [0.25, 0.3) is 10.8 Å². The molecule has 0 aliphatic carbocycles. The Hall–Kier alpha value is -2.65. The van der Waals surface area contributed by atoms with Crippen LogP contribution in [0.1, 0.15) is 10.4 Å². The summed E-state index contributed by atoms with van der Waals surface area (Å²) in [4.78, 5) is 13.0. The Balaban J connectivity index is 1.80. The number of hydrogen-bond donors (Lipinski definition) is 3. The van der Waals surface area contributed by atoms with Crippen LogP contribution in [0.2, 0.25) is 0 Å². The third kappa shape index (κ3) is 6.07. The van der Waals surface area contributed by atoms with Crippen molar-refractivity contribution in [3.63, 3.8) is 0 Å². The minimum Gasteiger partial charge on any atom is -0.493 e. The number of fused-ring (bicyclic) bond motifs is 1. The lowest BCUT2D eigenvalue weighted by Gasteiger charge is -2.28. The first kappa shape index (κ1) is 26.0. The van der Waals surface area contributed by atoms with Crippen molar-refractivity contribution in [1.29, 1.82) is 0 Å². The highest BCUT2D eigenvalue weighted by molar-refractivity contribution is 7.80. The van der Waals surface area contributed by atoms with E-state index in [1.54, 1.807) is 0 Å². The van der Waals surface area contributed by atoms with Crippen LogP contribution in [0, 0.1) is 0 Å². The van der Waals surface area contributed by atoms with Crippen molar-refractivity contribution >= 4 is 74.5 Å². The number of anilines is 1. The Kier molecular flexibility index (Phi) is 8.54. The van der Waals surface area contributed by atoms with E-state index in [0.29, 0.717) is 17.2 Å². The van der Waals surface area contributed by atoms with E-state index in [-0.39, 0.29) is 10.7 Å². The molecule has 180 valence electrons. The molecule has 0 saturated carbocycles. The average Bonchev–Trinajstić information content (AvgIpc) is 2.82. The lowest BCUT2D eigenvalue weighted by Crippen LogP contribution is -2.56. The van der Waals surface area contributed by atoms with Gasteiger partial charge < -0.3 is 30.2 Å². The molecule has 0 saturated heterocycles. The van der Waals surface area contributed by atoms with Crippen LogP contribution >= 0.6 is 47.0 Å². The van der Waals surface area contributed by atoms with E-state index in [1.807, 2.05) is 42.5 Å². The van der Waals surface area contributed by atoms with E-state index in [1.165, 1.54) is 33.5 Å². The van der Waals surface area contributed by atoms with Gasteiger partial charge in [-0.25, -0.2) is 0 Å². The van der Waals surface area contributed by atoms with Crippen LogP contribution < -0.4 is 30.2 Å². The van der Waals surface area contributed by atoms with Gasteiger partial charge in [0, 0.05) is 16.6 Å². The maximum Gasteiger partial charge on any atom is 0.253 e. The van der Waals surface area contributed by atoms with Crippen LogP contribution in [-0.2, 0) is 0 Å². The number of halogens is 3. The summed E-state index contributed by atoms with van der Waals surface area (Å²) < 4.78 is 14.0. The number of ether oxygens (including phenoxy) is 3. The molecule has 0 fully saturated rings. The molecule has 0 unspecified atom stereocenters. The fourth-order valence-corrected chi connectivity index (χ4v) is 3.81. The maximum atomic E-state index is 13.0. The fraction of sp³-hybridized carbons (Fsp3) is 0.217. The van der Waals surface area contributed by atoms with Gasteiger partial charge in [-0.05, 0) is 35.8 Å². The quantitative estimate of drug-likeness (QED) is 0.213. The molecule has 0 aromatic heterocycles. The molecule has 0 aliphatic heterocycles. The molecular formula is C23H22Cl3N3O4S. The monoisotopic (exact) mass is 541 g/mol. The summed E-state index contributed by atoms with van der Waals surface area (Å²) in [6.45, 7) is 0. The third-order valence-electron chi connectivity index (χ3n) is 4.84. The van der Waals surface area contributed by atoms with Crippen LogP contribution in [-0.4, -0.2) is 42.3 Å². The molecule has 34 heavy (non-hydrogen) atoms. The predicted molar refractivity (Wildman–Crippen MR) is 141 cm³/mol. The highest BCUT2D eigenvalue weighted by Gasteiger charge is 2.35. The number of methoxy groups -OCH3 is 3. The zero-order valence-electron chi connectivity index (χ0n) is 18.4. The molecule has 1 atom stereocenters. The van der Waals surface area contributed by atoms with Crippen molar-refractivity contribution in [2.75, 3.05) is 26.6 Å². The summed E-state index contributed by atoms with van der Waals surface area (Å²) in [5.74, 6) is 0.395. The number of carbonyl (C=O) groups is 1. The van der Waals surface area contributed by atoms with E-state index in [2.05, 4.69) is 16.0 Å². The molecule has 7 nitrogen and oxygen atoms in total. The number of thiocarbonyl (C=S) groups is 1. The van der Waals surface area contributed by atoms with Crippen molar-refractivity contribution < 1.29 is 19.0 Å². The van der Waals surface area contributed by atoms with Crippen molar-refractivity contribution in [3.05, 3.63) is 60.2 Å². The van der Waals surface area contributed by atoms with E-state index in [4.69, 9.17) is 61.2 Å². The highest BCUT2D eigenvalue weighted by Crippen LogP contribution is 2.38. The first-order valence-corrected chi connectivity index (χ1v) is 11.4. The Morgan fingerprint density at radius 1 is 0.912 bits per heavy atom. The normalized spacial score (nSPS) is 11.9. The van der Waals surface area contributed by atoms with Crippen molar-refractivity contribution in [2.45, 2.75) is 9.96 Å². The zero-order valence-corrected chi connectivity index (χ0v) is 21.5. The summed E-state index contributed by atoms with van der Waals surface area (Å²) >= 11 is 23.8. The minimum atomic E-state index is -1.93. The van der Waals surface area contributed by atoms with Gasteiger partial charge in [-0.3, -0.25) is 4.79 Å². The van der Waals surface area contributed by atoms with Crippen molar-refractivity contribution in [1.82, 2.24) is 10.6 Å². The van der Waals surface area contributed by atoms with Gasteiger partial charge in [-0.2, -0.15) is 0 Å². The number of nitrogens with one attached hydrogen (secondary N) is 3. The van der Waals surface area contributed by atoms with Gasteiger partial charge in [0.15, 0.2) is 16.6 Å². The molecule has 3 aromatic rings. The van der Waals surface area contributed by atoms with E-state index in [0.717, 1.165) is 16.5 Å². The maximum absolute atomic E-state index is 13.0. The van der Waals surface area contributed by atoms with Crippen molar-refractivity contribution in [3.8, 4) is 17.2 Å². The Morgan fingerprint density at radius 3 is 2.12 bits per heavy atom. The second-order valence-corrected chi connectivity index (χ2v) is 9.76. The first-order valence-electron chi connectivity index (χ1n) is 9.90. The average molecular weight is 543 g/mol. The Bertz CT molecular complexity index is 1170. The van der Waals surface area contributed by atoms with Crippen LogP contribution in [0.4, 0.5) is 5.69 Å². The number of rotatable bonds is 7. The molecule has 0 spiro atoms. The van der Waals surface area contributed by atoms with Gasteiger partial charge in [0.2, 0.25) is 9.54 Å². The van der Waals surface area contributed by atoms with E-state index < -0.39 is 15.9 Å². The largest absolute Gasteiger partial charge is 0.493 e. The van der Waals surface area contributed by atoms with Gasteiger partial charge in [-0.1, -0.05) is 71.2 Å². The molecule has 3 N–H and O–H groups in total. The summed E-state index contributed by atoms with van der Waals surface area (Å²) in [5.41, 5.74) is 0.957. The number of benzene rings is 3. The SMILES string of the molecule is COc1cc(C(=O)N[C@H](NC(=S)Nc2cccc3ccccc23)C(Cl)(Cl)Cl)cc(OC)c1OC. The molecule has 1 amide bonds. The van der Waals surface area contributed by atoms with E-state index in [9.17, 15) is 4.79 Å². The van der Waals surface area contributed by atoms with Gasteiger partial charge >= 0.3 is 0 Å². The van der Waals surface area contributed by atoms with Gasteiger partial charge in [-0.15, -0.1) is 0 Å². The smallest absolute Gasteiger partial charge is 0.253 e. The second-order valence-electron chi connectivity index (χ2n) is 6.99. The van der Waals surface area contributed by atoms with Gasteiger partial charge in [0.1, 0.15) is 6.17 Å². The number of alkyl halides is 3. The summed E-state index contributed by atoms with van der Waals surface area (Å²) in [5, 5.41) is 10.7. The second kappa shape index (κ2) is 11.2. The van der Waals surface area contributed by atoms with Gasteiger partial charge in [0.05, 0.1) is 21.3 Å². The number of carbonyl (C=O) groups excluding carboxylic acids is 1. The zero-order chi connectivity index (χ0) is 24.9. The third-order valence-corrected chi connectivity index (χ3v) is 5.72. The molecule has 0 heterocycles. The molecule has 0 bridgehead atoms. The number of hydrogen-bond acceptors (Lipinski definition) is 5. The Morgan fingerprint density at radius 2 is 1.53 bits per heavy atom. The number of amides is 1. The molecule has 3 rings (SSSR count). The van der Waals surface area contributed by atoms with Crippen LogP contribution in [0.3, 0.4) is 0 Å². The predicted octanol–water partition coefficient (Wildman–Crippen LogP) is 5.28. The molecule has 3 aromatic carbocycles. The molecule has 0 radical (unpaired) electrons. The fourth-order valence-electron chi connectivity index (χ4n) is 3.25. The highest BCUT2D eigenvalue weighted by atomic mass is 35.6. The summed E-state index contributed by atoms with van der Waals surface area (Å²) in [6, 6.07) is 16.5. The van der Waals surface area contributed by atoms with Crippen LogP contribution in [0.15, 0.2) is 54.6 Å². The molecule has 0 aliphatic rings. The topological polar surface area (TPSA) is 80.9 Å². The van der Waals surface area contributed by atoms with Crippen molar-refractivity contribution in [2.24, 2.45) is 0 Å².